The van der Waals surface area contributed by atoms with Crippen molar-refractivity contribution in [1.29, 1.82) is 0 Å². The van der Waals surface area contributed by atoms with Crippen molar-refractivity contribution in [3.8, 4) is 0 Å². The van der Waals surface area contributed by atoms with Gasteiger partial charge in [-0.25, -0.2) is 4.99 Å². The molecule has 0 spiro atoms. The summed E-state index contributed by atoms with van der Waals surface area (Å²) in [5, 5.41) is 15.8. The molecule has 7 nitrogen and oxygen atoms in total. The van der Waals surface area contributed by atoms with Crippen LogP contribution in [-0.4, -0.2) is 38.8 Å². The van der Waals surface area contributed by atoms with E-state index >= 15 is 0 Å². The van der Waals surface area contributed by atoms with E-state index in [1.165, 1.54) is 16.5 Å². The van der Waals surface area contributed by atoms with Crippen LogP contribution >= 0.6 is 24.0 Å². The maximum absolute atomic E-state index is 4.56. The fraction of sp³-hybridized carbons (Fsp3) is 0.353. The first-order valence-corrected chi connectivity index (χ1v) is 8.18. The van der Waals surface area contributed by atoms with Crippen LogP contribution in [0.5, 0.6) is 0 Å². The van der Waals surface area contributed by atoms with E-state index in [-0.39, 0.29) is 24.0 Å². The molecule has 0 bridgehead atoms. The van der Waals surface area contributed by atoms with Crippen LogP contribution in [0, 0.1) is 0 Å². The average Bonchev–Trinajstić information content (AvgIpc) is 3.19. The summed E-state index contributed by atoms with van der Waals surface area (Å²) in [5.41, 5.74) is 2.48. The third-order valence-electron chi connectivity index (χ3n) is 3.89. The average molecular weight is 453 g/mol. The van der Waals surface area contributed by atoms with Gasteiger partial charge in [-0.3, -0.25) is 0 Å². The van der Waals surface area contributed by atoms with Crippen LogP contribution in [-0.2, 0) is 20.0 Å². The summed E-state index contributed by atoms with van der Waals surface area (Å²) in [6.07, 6.45) is 4.69. The van der Waals surface area contributed by atoms with E-state index in [0.717, 1.165) is 31.3 Å². The highest BCUT2D eigenvalue weighted by atomic mass is 127. The molecular weight excluding hydrogens is 429 g/mol. The molecule has 3 aromatic rings. The van der Waals surface area contributed by atoms with E-state index in [1.54, 1.807) is 6.33 Å². The molecule has 2 heterocycles. The van der Waals surface area contributed by atoms with E-state index in [1.807, 2.05) is 17.7 Å². The van der Waals surface area contributed by atoms with E-state index in [9.17, 15) is 0 Å². The number of hydrogen-bond donors (Lipinski definition) is 3. The van der Waals surface area contributed by atoms with Gasteiger partial charge < -0.3 is 20.2 Å². The Morgan fingerprint density at radius 3 is 2.88 bits per heavy atom. The van der Waals surface area contributed by atoms with Crippen molar-refractivity contribution in [3.05, 3.63) is 48.2 Å². The Morgan fingerprint density at radius 2 is 2.12 bits per heavy atom. The lowest BCUT2D eigenvalue weighted by Crippen LogP contribution is -2.38. The van der Waals surface area contributed by atoms with Crippen molar-refractivity contribution in [2.45, 2.75) is 19.9 Å². The third-order valence-corrected chi connectivity index (χ3v) is 3.89. The molecule has 0 saturated heterocycles. The number of para-hydroxylation sites is 1. The lowest BCUT2D eigenvalue weighted by atomic mass is 10.1. The maximum Gasteiger partial charge on any atom is 0.191 e. The predicted octanol–water partition coefficient (Wildman–Crippen LogP) is 2.21. The third kappa shape index (κ3) is 4.94. The van der Waals surface area contributed by atoms with Crippen LogP contribution in [0.4, 0.5) is 0 Å². The zero-order valence-corrected chi connectivity index (χ0v) is 16.8. The van der Waals surface area contributed by atoms with Crippen LogP contribution in [0.25, 0.3) is 10.9 Å². The second kappa shape index (κ2) is 9.40. The second-order valence-corrected chi connectivity index (χ2v) is 5.59. The smallest absolute Gasteiger partial charge is 0.191 e. The van der Waals surface area contributed by atoms with Gasteiger partial charge in [0.2, 0.25) is 0 Å². The molecule has 3 rings (SSSR count). The first kappa shape index (κ1) is 19.2. The Morgan fingerprint density at radius 1 is 1.28 bits per heavy atom. The number of nitrogens with zero attached hydrogens (tertiary/aromatic N) is 4. The van der Waals surface area contributed by atoms with Gasteiger partial charge in [0.25, 0.3) is 0 Å². The second-order valence-electron chi connectivity index (χ2n) is 5.59. The Balaban J connectivity index is 0.00000225. The molecule has 8 heteroatoms. The highest BCUT2D eigenvalue weighted by molar-refractivity contribution is 14.0. The number of fused-ring (bicyclic) bond motifs is 1. The first-order valence-electron chi connectivity index (χ1n) is 8.18. The van der Waals surface area contributed by atoms with Gasteiger partial charge in [-0.05, 0) is 25.0 Å². The van der Waals surface area contributed by atoms with Crippen LogP contribution in [0.1, 0.15) is 18.3 Å². The number of rotatable bonds is 6. The molecule has 0 aliphatic heterocycles. The molecule has 3 N–H and O–H groups in total. The predicted molar refractivity (Wildman–Crippen MR) is 111 cm³/mol. The van der Waals surface area contributed by atoms with Gasteiger partial charge in [0.1, 0.15) is 12.9 Å². The van der Waals surface area contributed by atoms with Crippen molar-refractivity contribution >= 4 is 40.8 Å². The maximum atomic E-state index is 4.56. The summed E-state index contributed by atoms with van der Waals surface area (Å²) in [4.78, 5) is 7.87. The van der Waals surface area contributed by atoms with Gasteiger partial charge >= 0.3 is 0 Å². The molecule has 2 aromatic heterocycles. The number of nitrogens with one attached hydrogen (secondary N) is 3. The van der Waals surface area contributed by atoms with Crippen molar-refractivity contribution < 1.29 is 0 Å². The lowest BCUT2D eigenvalue weighted by molar-refractivity contribution is 0.764. The minimum absolute atomic E-state index is 0. The summed E-state index contributed by atoms with van der Waals surface area (Å²) in [6, 6.07) is 8.36. The van der Waals surface area contributed by atoms with Gasteiger partial charge in [0, 0.05) is 37.2 Å². The first-order chi connectivity index (χ1) is 11.8. The molecule has 0 unspecified atom stereocenters. The molecule has 1 aromatic carbocycles. The molecule has 0 atom stereocenters. The summed E-state index contributed by atoms with van der Waals surface area (Å²) < 4.78 is 1.87. The number of aliphatic imine (C=N–C) groups is 1. The van der Waals surface area contributed by atoms with Crippen molar-refractivity contribution in [1.82, 2.24) is 30.4 Å². The number of hydrogen-bond acceptors (Lipinski definition) is 3. The number of aryl methyl sites for hydroxylation is 1. The molecule has 0 aliphatic carbocycles. The number of halogens is 1. The van der Waals surface area contributed by atoms with E-state index in [0.29, 0.717) is 6.54 Å². The molecule has 0 radical (unpaired) electrons. The van der Waals surface area contributed by atoms with E-state index in [2.05, 4.69) is 62.1 Å². The van der Waals surface area contributed by atoms with Gasteiger partial charge in [-0.2, -0.15) is 0 Å². The zero-order valence-electron chi connectivity index (χ0n) is 14.5. The Labute approximate surface area is 164 Å². The highest BCUT2D eigenvalue weighted by Crippen LogP contribution is 2.17. The topological polar surface area (TPSA) is 82.9 Å². The minimum Gasteiger partial charge on any atom is -0.361 e. The standard InChI is InChI=1S/C17H23N7.HI/c1-3-18-17(21-11-16-23-22-12-24(16)2)19-9-8-13-10-20-15-7-5-4-6-14(13)15;/h4-7,10,12,20H,3,8-9,11H2,1-2H3,(H2,18,19,21);1H. The molecular formula is C17H24IN7. The van der Waals surface area contributed by atoms with Gasteiger partial charge in [0.15, 0.2) is 11.8 Å². The lowest BCUT2D eigenvalue weighted by Gasteiger charge is -2.11. The van der Waals surface area contributed by atoms with Crippen LogP contribution < -0.4 is 10.6 Å². The van der Waals surface area contributed by atoms with Crippen molar-refractivity contribution in [2.24, 2.45) is 12.0 Å². The van der Waals surface area contributed by atoms with Gasteiger partial charge in [0.05, 0.1) is 0 Å². The van der Waals surface area contributed by atoms with E-state index in [4.69, 9.17) is 0 Å². The number of H-pyrrole nitrogens is 1. The van der Waals surface area contributed by atoms with E-state index < -0.39 is 0 Å². The summed E-state index contributed by atoms with van der Waals surface area (Å²) in [7, 11) is 1.92. The fourth-order valence-electron chi connectivity index (χ4n) is 2.60. The van der Waals surface area contributed by atoms with Crippen LogP contribution in [0.2, 0.25) is 0 Å². The summed E-state index contributed by atoms with van der Waals surface area (Å²) >= 11 is 0. The largest absolute Gasteiger partial charge is 0.361 e. The number of aromatic amines is 1. The minimum atomic E-state index is 0. The van der Waals surface area contributed by atoms with Gasteiger partial charge in [-0.1, -0.05) is 18.2 Å². The Hall–Kier alpha value is -2.10. The van der Waals surface area contributed by atoms with Crippen molar-refractivity contribution in [2.75, 3.05) is 13.1 Å². The summed E-state index contributed by atoms with van der Waals surface area (Å²) in [6.45, 7) is 4.18. The number of aromatic nitrogens is 4. The molecule has 25 heavy (non-hydrogen) atoms. The monoisotopic (exact) mass is 453 g/mol. The Bertz CT molecular complexity index is 821. The summed E-state index contributed by atoms with van der Waals surface area (Å²) in [5.74, 6) is 1.63. The van der Waals surface area contributed by atoms with Gasteiger partial charge in [-0.15, -0.1) is 34.2 Å². The molecule has 0 amide bonds. The number of guanidine groups is 1. The van der Waals surface area contributed by atoms with Crippen LogP contribution in [0.15, 0.2) is 41.8 Å². The van der Waals surface area contributed by atoms with Crippen molar-refractivity contribution in [3.63, 3.8) is 0 Å². The SMILES string of the molecule is CCNC(=NCc1nncn1C)NCCc1c[nH]c2ccccc12.I. The fourth-order valence-corrected chi connectivity index (χ4v) is 2.60. The molecule has 134 valence electrons. The normalized spacial score (nSPS) is 11.4. The molecule has 0 saturated carbocycles. The Kier molecular flexibility index (Phi) is 7.23. The van der Waals surface area contributed by atoms with Crippen LogP contribution in [0.3, 0.4) is 0 Å². The molecule has 0 aliphatic rings. The zero-order chi connectivity index (χ0) is 16.8. The molecule has 0 fully saturated rings. The number of benzene rings is 1. The highest BCUT2D eigenvalue weighted by Gasteiger charge is 2.04. The quantitative estimate of drug-likeness (QED) is 0.304.